The smallest absolute Gasteiger partial charge is 0.768 e. The summed E-state index contributed by atoms with van der Waals surface area (Å²) < 4.78 is 31.1. The Balaban J connectivity index is 0.00000196. The Morgan fingerprint density at radius 1 is 1.27 bits per heavy atom. The van der Waals surface area contributed by atoms with Crippen LogP contribution in [0.25, 0.3) is 0 Å². The fourth-order valence-electron chi connectivity index (χ4n) is 0.890. The van der Waals surface area contributed by atoms with Crippen molar-refractivity contribution in [1.29, 1.82) is 0 Å². The van der Waals surface area contributed by atoms with Crippen molar-refractivity contribution in [2.24, 2.45) is 0 Å². The molecule has 0 saturated heterocycles. The van der Waals surface area contributed by atoms with Gasteiger partial charge in [0.15, 0.2) is 0 Å². The summed E-state index contributed by atoms with van der Waals surface area (Å²) in [5.74, 6) is 0.635. The van der Waals surface area contributed by atoms with Crippen LogP contribution in [0.1, 0.15) is 0 Å². The number of methoxy groups -OCH3 is 1. The third-order valence-corrected chi connectivity index (χ3v) is 2.23. The average Bonchev–Trinajstić information content (AvgIpc) is 2.19. The van der Waals surface area contributed by atoms with Crippen molar-refractivity contribution in [1.82, 2.24) is 0 Å². The molecule has 1 unspecified atom stereocenters. The molecule has 1 atom stereocenters. The molecule has 0 spiro atoms. The molecule has 0 N–H and O–H groups in total. The molecule has 0 saturated carbocycles. The Morgan fingerprint density at radius 2 is 1.87 bits per heavy atom. The first-order valence-corrected chi connectivity index (χ1v) is 5.12. The largest absolute Gasteiger partial charge is 1.00 e. The molecule has 0 aliphatic carbocycles. The Labute approximate surface area is 114 Å². The van der Waals surface area contributed by atoms with Crippen molar-refractivity contribution in [3.63, 3.8) is 0 Å². The van der Waals surface area contributed by atoms with E-state index < -0.39 is 11.1 Å². The molecule has 0 aliphatic rings. The molecule has 0 aromatic heterocycles. The van der Waals surface area contributed by atoms with Crippen molar-refractivity contribution < 1.29 is 47.8 Å². The van der Waals surface area contributed by atoms with E-state index in [4.69, 9.17) is 9.47 Å². The van der Waals surface area contributed by atoms with Crippen LogP contribution in [0.2, 0.25) is 0 Å². The molecule has 1 rings (SSSR count). The summed E-state index contributed by atoms with van der Waals surface area (Å²) in [7, 11) is 1.59. The van der Waals surface area contributed by atoms with Crippen LogP contribution in [0.15, 0.2) is 29.2 Å². The molecule has 0 radical (unpaired) electrons. The molecule has 6 heteroatoms. The summed E-state index contributed by atoms with van der Waals surface area (Å²) >= 11 is -2.17. The van der Waals surface area contributed by atoms with Gasteiger partial charge in [0.05, 0.1) is 6.61 Å². The van der Waals surface area contributed by atoms with E-state index >= 15 is 0 Å². The minimum Gasteiger partial charge on any atom is -0.768 e. The van der Waals surface area contributed by atoms with Crippen molar-refractivity contribution in [2.75, 3.05) is 20.3 Å². The second kappa shape index (κ2) is 8.27. The van der Waals surface area contributed by atoms with Crippen LogP contribution >= 0.6 is 0 Å². The zero-order valence-electron chi connectivity index (χ0n) is 8.76. The van der Waals surface area contributed by atoms with E-state index in [-0.39, 0.29) is 34.5 Å². The summed E-state index contributed by atoms with van der Waals surface area (Å²) in [5.41, 5.74) is 0. The summed E-state index contributed by atoms with van der Waals surface area (Å²) in [4.78, 5) is 0.254. The molecule has 0 fully saturated rings. The van der Waals surface area contributed by atoms with Gasteiger partial charge in [-0.15, -0.1) is 0 Å². The van der Waals surface area contributed by atoms with Crippen LogP contribution in [0.5, 0.6) is 5.75 Å². The molecule has 15 heavy (non-hydrogen) atoms. The van der Waals surface area contributed by atoms with Crippen LogP contribution in [-0.4, -0.2) is 29.1 Å². The molecule has 0 aliphatic heterocycles. The predicted molar refractivity (Wildman–Crippen MR) is 51.0 cm³/mol. The quantitative estimate of drug-likeness (QED) is 0.337. The zero-order valence-corrected chi connectivity index (χ0v) is 11.6. The van der Waals surface area contributed by atoms with Gasteiger partial charge in [0, 0.05) is 12.0 Å². The van der Waals surface area contributed by atoms with Crippen LogP contribution < -0.4 is 34.3 Å². The average molecular weight is 238 g/mol. The van der Waals surface area contributed by atoms with Gasteiger partial charge in [-0.1, -0.05) is 0 Å². The minimum atomic E-state index is -2.17. The van der Waals surface area contributed by atoms with E-state index in [0.717, 1.165) is 0 Å². The Hall–Kier alpha value is 0.0900. The molecule has 0 heterocycles. The summed E-state index contributed by atoms with van der Waals surface area (Å²) in [6.45, 7) is 0.964. The second-order valence-corrected chi connectivity index (χ2v) is 3.49. The van der Waals surface area contributed by atoms with Gasteiger partial charge < -0.3 is 14.0 Å². The van der Waals surface area contributed by atoms with Gasteiger partial charge in [0.2, 0.25) is 0 Å². The minimum absolute atomic E-state index is 0. The Kier molecular flexibility index (Phi) is 8.32. The van der Waals surface area contributed by atoms with Gasteiger partial charge in [-0.05, 0) is 35.3 Å². The standard InChI is InChI=1S/C9H12O4S.Na/c1-12-6-7-13-8-2-4-9(5-3-8)14(10)11;/h2-5H,6-7H2,1H3,(H,10,11);/q;+1/p-1. The van der Waals surface area contributed by atoms with Crippen LogP contribution in [0.3, 0.4) is 0 Å². The molecule has 1 aromatic carbocycles. The molecular weight excluding hydrogens is 227 g/mol. The van der Waals surface area contributed by atoms with Crippen molar-refractivity contribution in [3.05, 3.63) is 24.3 Å². The number of ether oxygens (including phenoxy) is 2. The van der Waals surface area contributed by atoms with E-state index in [9.17, 15) is 8.76 Å². The van der Waals surface area contributed by atoms with Crippen LogP contribution in [0, 0.1) is 0 Å². The van der Waals surface area contributed by atoms with E-state index in [1.54, 1.807) is 19.2 Å². The molecule has 78 valence electrons. The summed E-state index contributed by atoms with van der Waals surface area (Å²) in [6.07, 6.45) is 0. The number of hydrogen-bond acceptors (Lipinski definition) is 4. The van der Waals surface area contributed by atoms with Crippen LogP contribution in [-0.2, 0) is 15.8 Å². The Bertz CT molecular complexity index is 301. The monoisotopic (exact) mass is 238 g/mol. The summed E-state index contributed by atoms with van der Waals surface area (Å²) in [6, 6.07) is 6.21. The van der Waals surface area contributed by atoms with E-state index in [1.165, 1.54) is 12.1 Å². The van der Waals surface area contributed by atoms with Gasteiger partial charge in [-0.3, -0.25) is 4.21 Å². The van der Waals surface area contributed by atoms with Gasteiger partial charge in [-0.25, -0.2) is 0 Å². The van der Waals surface area contributed by atoms with E-state index in [0.29, 0.717) is 19.0 Å². The molecule has 0 amide bonds. The van der Waals surface area contributed by atoms with E-state index in [1.807, 2.05) is 0 Å². The molecule has 1 aromatic rings. The van der Waals surface area contributed by atoms with Crippen molar-refractivity contribution >= 4 is 11.1 Å². The van der Waals surface area contributed by atoms with Crippen molar-refractivity contribution in [3.8, 4) is 5.75 Å². The zero-order chi connectivity index (χ0) is 10.4. The van der Waals surface area contributed by atoms with Crippen molar-refractivity contribution in [2.45, 2.75) is 4.90 Å². The first-order valence-electron chi connectivity index (χ1n) is 4.05. The molecule has 0 bridgehead atoms. The van der Waals surface area contributed by atoms with Gasteiger partial charge >= 0.3 is 29.6 Å². The fraction of sp³-hybridized carbons (Fsp3) is 0.333. The fourth-order valence-corrected chi connectivity index (χ4v) is 1.25. The maximum atomic E-state index is 10.5. The van der Waals surface area contributed by atoms with Gasteiger partial charge in [0.1, 0.15) is 12.4 Å². The summed E-state index contributed by atoms with van der Waals surface area (Å²) in [5, 5.41) is 0. The normalized spacial score (nSPS) is 11.6. The number of rotatable bonds is 5. The first kappa shape index (κ1) is 15.1. The third-order valence-electron chi connectivity index (χ3n) is 1.57. The first-order chi connectivity index (χ1) is 6.74. The van der Waals surface area contributed by atoms with Crippen LogP contribution in [0.4, 0.5) is 0 Å². The number of hydrogen-bond donors (Lipinski definition) is 0. The topological polar surface area (TPSA) is 58.6 Å². The molecular formula is C9H11NaO4S. The molecule has 4 nitrogen and oxygen atoms in total. The maximum absolute atomic E-state index is 10.5. The van der Waals surface area contributed by atoms with Gasteiger partial charge in [0.25, 0.3) is 0 Å². The maximum Gasteiger partial charge on any atom is 1.00 e. The third kappa shape index (κ3) is 5.65. The number of benzene rings is 1. The SMILES string of the molecule is COCCOc1ccc(S(=O)[O-])cc1.[Na+]. The second-order valence-electron chi connectivity index (χ2n) is 2.55. The Morgan fingerprint density at radius 3 is 2.33 bits per heavy atom. The van der Waals surface area contributed by atoms with E-state index in [2.05, 4.69) is 0 Å². The van der Waals surface area contributed by atoms with Gasteiger partial charge in [-0.2, -0.15) is 0 Å². The predicted octanol–water partition coefficient (Wildman–Crippen LogP) is -2.05.